The second-order valence-corrected chi connectivity index (χ2v) is 5.85. The van der Waals surface area contributed by atoms with Gasteiger partial charge in [-0.25, -0.2) is 0 Å². The van der Waals surface area contributed by atoms with Gasteiger partial charge in [0.05, 0.1) is 13.7 Å². The van der Waals surface area contributed by atoms with Crippen LogP contribution in [0.3, 0.4) is 0 Å². The molecule has 21 heavy (non-hydrogen) atoms. The summed E-state index contributed by atoms with van der Waals surface area (Å²) in [6, 6.07) is 7.82. The fourth-order valence-corrected chi connectivity index (χ4v) is 2.96. The number of anilines is 1. The molecule has 1 fully saturated rings. The summed E-state index contributed by atoms with van der Waals surface area (Å²) < 4.78 is 5.15. The van der Waals surface area contributed by atoms with Crippen molar-refractivity contribution in [2.24, 2.45) is 5.92 Å². The summed E-state index contributed by atoms with van der Waals surface area (Å²) in [5, 5.41) is 6.25. The molecule has 0 saturated heterocycles. The topological polar surface area (TPSA) is 50.4 Å². The molecule has 0 spiro atoms. The molecule has 116 valence electrons. The zero-order valence-electron chi connectivity index (χ0n) is 13.0. The highest BCUT2D eigenvalue weighted by atomic mass is 16.5. The van der Waals surface area contributed by atoms with Gasteiger partial charge in [-0.05, 0) is 37.8 Å². The fraction of sp³-hybridized carbons (Fsp3) is 0.588. The van der Waals surface area contributed by atoms with Crippen LogP contribution in [-0.2, 0) is 4.79 Å². The molecule has 2 rings (SSSR count). The van der Waals surface area contributed by atoms with Gasteiger partial charge in [0.2, 0.25) is 5.91 Å². The minimum atomic E-state index is -0.00841. The number of carbonyl (C=O) groups is 1. The van der Waals surface area contributed by atoms with Crippen LogP contribution in [0.15, 0.2) is 24.3 Å². The number of hydrogen-bond donors (Lipinski definition) is 2. The highest BCUT2D eigenvalue weighted by Gasteiger charge is 2.20. The van der Waals surface area contributed by atoms with Gasteiger partial charge in [0.25, 0.3) is 0 Å². The Kier molecular flexibility index (Phi) is 6.05. The molecule has 1 aliphatic rings. The van der Waals surface area contributed by atoms with Gasteiger partial charge in [-0.1, -0.05) is 25.3 Å². The maximum atomic E-state index is 12.0. The van der Waals surface area contributed by atoms with E-state index in [2.05, 4.69) is 17.6 Å². The van der Waals surface area contributed by atoms with Gasteiger partial charge in [-0.15, -0.1) is 0 Å². The van der Waals surface area contributed by atoms with Crippen molar-refractivity contribution in [3.8, 4) is 5.75 Å². The molecule has 1 atom stereocenters. The Labute approximate surface area is 127 Å². The molecule has 0 bridgehead atoms. The van der Waals surface area contributed by atoms with Gasteiger partial charge >= 0.3 is 0 Å². The van der Waals surface area contributed by atoms with Crippen LogP contribution in [0.1, 0.15) is 39.0 Å². The van der Waals surface area contributed by atoms with E-state index in [1.807, 2.05) is 24.3 Å². The average Bonchev–Trinajstić information content (AvgIpc) is 2.53. The number of ether oxygens (including phenoxy) is 1. The number of hydrogen-bond acceptors (Lipinski definition) is 3. The van der Waals surface area contributed by atoms with E-state index in [1.54, 1.807) is 7.11 Å². The highest BCUT2D eigenvalue weighted by Crippen LogP contribution is 2.26. The van der Waals surface area contributed by atoms with Gasteiger partial charge < -0.3 is 15.4 Å². The van der Waals surface area contributed by atoms with E-state index in [9.17, 15) is 4.79 Å². The largest absolute Gasteiger partial charge is 0.497 e. The molecule has 1 amide bonds. The Morgan fingerprint density at radius 3 is 2.81 bits per heavy atom. The van der Waals surface area contributed by atoms with Gasteiger partial charge in [-0.3, -0.25) is 4.79 Å². The molecule has 0 heterocycles. The monoisotopic (exact) mass is 290 g/mol. The third-order valence-electron chi connectivity index (χ3n) is 4.30. The van der Waals surface area contributed by atoms with Crippen molar-refractivity contribution in [2.45, 2.75) is 45.1 Å². The van der Waals surface area contributed by atoms with E-state index in [-0.39, 0.29) is 5.91 Å². The molecule has 1 aromatic rings. The number of amides is 1. The van der Waals surface area contributed by atoms with E-state index in [1.165, 1.54) is 32.1 Å². The molecular formula is C17H26N2O2. The Bertz CT molecular complexity index is 456. The first-order chi connectivity index (χ1) is 10.2. The molecule has 0 aliphatic heterocycles. The second kappa shape index (κ2) is 8.03. The first-order valence-electron chi connectivity index (χ1n) is 7.86. The summed E-state index contributed by atoms with van der Waals surface area (Å²) in [5.74, 6) is 1.45. The molecule has 1 saturated carbocycles. The van der Waals surface area contributed by atoms with E-state index >= 15 is 0 Å². The van der Waals surface area contributed by atoms with Crippen molar-refractivity contribution in [1.82, 2.24) is 5.32 Å². The predicted molar refractivity (Wildman–Crippen MR) is 85.7 cm³/mol. The number of methoxy groups -OCH3 is 1. The second-order valence-electron chi connectivity index (χ2n) is 5.85. The number of benzene rings is 1. The minimum Gasteiger partial charge on any atom is -0.497 e. The van der Waals surface area contributed by atoms with Crippen LogP contribution in [0.4, 0.5) is 5.69 Å². The summed E-state index contributed by atoms with van der Waals surface area (Å²) in [6.07, 6.45) is 6.58. The number of carbonyl (C=O) groups excluding carboxylic acids is 1. The zero-order chi connectivity index (χ0) is 15.1. The van der Waals surface area contributed by atoms with Crippen LogP contribution in [0, 0.1) is 5.92 Å². The Morgan fingerprint density at radius 2 is 2.10 bits per heavy atom. The van der Waals surface area contributed by atoms with E-state index < -0.39 is 0 Å². The van der Waals surface area contributed by atoms with Crippen molar-refractivity contribution in [3.63, 3.8) is 0 Å². The third kappa shape index (κ3) is 5.05. The lowest BCUT2D eigenvalue weighted by Crippen LogP contribution is -2.39. The third-order valence-corrected chi connectivity index (χ3v) is 4.30. The molecule has 4 heteroatoms. The van der Waals surface area contributed by atoms with E-state index in [0.717, 1.165) is 11.4 Å². The fourth-order valence-electron chi connectivity index (χ4n) is 2.96. The maximum Gasteiger partial charge on any atom is 0.238 e. The van der Waals surface area contributed by atoms with Crippen LogP contribution in [0.5, 0.6) is 5.75 Å². The first-order valence-corrected chi connectivity index (χ1v) is 7.86. The quantitative estimate of drug-likeness (QED) is 0.846. The van der Waals surface area contributed by atoms with Crippen LogP contribution in [0.2, 0.25) is 0 Å². The first kappa shape index (κ1) is 15.8. The Hall–Kier alpha value is -1.55. The summed E-state index contributed by atoms with van der Waals surface area (Å²) in [4.78, 5) is 12.0. The normalized spacial score (nSPS) is 17.2. The maximum absolute atomic E-state index is 12.0. The van der Waals surface area contributed by atoms with E-state index in [0.29, 0.717) is 18.5 Å². The molecule has 1 aliphatic carbocycles. The summed E-state index contributed by atoms with van der Waals surface area (Å²) in [5.41, 5.74) is 0.770. The predicted octanol–water partition coefficient (Wildman–Crippen LogP) is 3.19. The molecule has 2 N–H and O–H groups in total. The smallest absolute Gasteiger partial charge is 0.238 e. The van der Waals surface area contributed by atoms with Crippen molar-refractivity contribution in [1.29, 1.82) is 0 Å². The lowest BCUT2D eigenvalue weighted by molar-refractivity contribution is -0.115. The molecule has 0 aromatic heterocycles. The van der Waals surface area contributed by atoms with Crippen LogP contribution in [-0.4, -0.2) is 25.6 Å². The van der Waals surface area contributed by atoms with Gasteiger partial charge in [0.1, 0.15) is 5.75 Å². The van der Waals surface area contributed by atoms with Crippen LogP contribution >= 0.6 is 0 Å². The zero-order valence-corrected chi connectivity index (χ0v) is 13.0. The Morgan fingerprint density at radius 1 is 1.33 bits per heavy atom. The molecule has 0 unspecified atom stereocenters. The molecule has 0 radical (unpaired) electrons. The van der Waals surface area contributed by atoms with Crippen LogP contribution in [0.25, 0.3) is 0 Å². The lowest BCUT2D eigenvalue weighted by Gasteiger charge is -2.28. The lowest BCUT2D eigenvalue weighted by atomic mass is 9.84. The van der Waals surface area contributed by atoms with Crippen molar-refractivity contribution < 1.29 is 9.53 Å². The van der Waals surface area contributed by atoms with Crippen LogP contribution < -0.4 is 15.4 Å². The highest BCUT2D eigenvalue weighted by molar-refractivity contribution is 5.92. The standard InChI is InChI=1S/C17H26N2O2/c1-13(14-7-4-3-5-8-14)18-12-17(20)19-15-9-6-10-16(11-15)21-2/h6,9-11,13-14,18H,3-5,7-8,12H2,1-2H3,(H,19,20)/t13-/m0/s1. The number of rotatable bonds is 6. The average molecular weight is 290 g/mol. The van der Waals surface area contributed by atoms with Gasteiger partial charge in [0, 0.05) is 17.8 Å². The molecular weight excluding hydrogens is 264 g/mol. The minimum absolute atomic E-state index is 0.00841. The van der Waals surface area contributed by atoms with Crippen molar-refractivity contribution >= 4 is 11.6 Å². The van der Waals surface area contributed by atoms with Crippen molar-refractivity contribution in [3.05, 3.63) is 24.3 Å². The SMILES string of the molecule is COc1cccc(NC(=O)CN[C@@H](C)C2CCCCC2)c1. The van der Waals surface area contributed by atoms with Gasteiger partial charge in [0.15, 0.2) is 0 Å². The molecule has 1 aromatic carbocycles. The Balaban J connectivity index is 1.76. The van der Waals surface area contributed by atoms with Gasteiger partial charge in [-0.2, -0.15) is 0 Å². The molecule has 4 nitrogen and oxygen atoms in total. The van der Waals surface area contributed by atoms with Crippen molar-refractivity contribution in [2.75, 3.05) is 19.0 Å². The summed E-state index contributed by atoms with van der Waals surface area (Å²) in [6.45, 7) is 2.55. The number of nitrogens with one attached hydrogen (secondary N) is 2. The summed E-state index contributed by atoms with van der Waals surface area (Å²) >= 11 is 0. The summed E-state index contributed by atoms with van der Waals surface area (Å²) in [7, 11) is 1.62. The van der Waals surface area contributed by atoms with E-state index in [4.69, 9.17) is 4.74 Å².